The van der Waals surface area contributed by atoms with Crippen LogP contribution < -0.4 is 10.1 Å². The number of fused-ring (bicyclic) bond motifs is 1. The fraction of sp³-hybridized carbons (Fsp3) is 0.281. The highest BCUT2D eigenvalue weighted by Gasteiger charge is 2.46. The largest absolute Gasteiger partial charge is 0.493 e. The van der Waals surface area contributed by atoms with E-state index in [0.29, 0.717) is 11.7 Å². The molecule has 2 unspecified atom stereocenters. The van der Waals surface area contributed by atoms with E-state index in [1.807, 2.05) is 41.1 Å². The summed E-state index contributed by atoms with van der Waals surface area (Å²) in [6, 6.07) is 20.6. The maximum Gasteiger partial charge on any atom is 0.229 e. The Hall–Kier alpha value is -3.97. The second kappa shape index (κ2) is 10.3. The standard InChI is InChI=1S/C32H32N4O2S/c1-5-13-38-27-12-11-22(16-20(27)3)30-26(18-36(35-30)23-9-7-6-8-10-23)24-17-25(24)31(37)34-32-33-29-21(4)14-19(2)15-28(29)39-32/h6-12,14-16,18,24-25H,5,13,17H2,1-4H3,(H,33,34,37). The molecule has 39 heavy (non-hydrogen) atoms. The Morgan fingerprint density at radius 1 is 1.08 bits per heavy atom. The quantitative estimate of drug-likeness (QED) is 0.222. The summed E-state index contributed by atoms with van der Waals surface area (Å²) in [5.41, 5.74) is 8.40. The lowest BCUT2D eigenvalue weighted by Gasteiger charge is -2.10. The number of carbonyl (C=O) groups is 1. The highest BCUT2D eigenvalue weighted by molar-refractivity contribution is 7.22. The van der Waals surface area contributed by atoms with Crippen LogP contribution in [-0.2, 0) is 4.79 Å². The number of benzene rings is 3. The number of hydrogen-bond acceptors (Lipinski definition) is 5. The third-order valence-corrected chi connectivity index (χ3v) is 8.18. The van der Waals surface area contributed by atoms with Crippen molar-refractivity contribution >= 4 is 32.6 Å². The minimum Gasteiger partial charge on any atom is -0.493 e. The fourth-order valence-electron chi connectivity index (χ4n) is 5.22. The summed E-state index contributed by atoms with van der Waals surface area (Å²) in [4.78, 5) is 18.0. The zero-order chi connectivity index (χ0) is 27.1. The monoisotopic (exact) mass is 536 g/mol. The second-order valence-electron chi connectivity index (χ2n) is 10.4. The Morgan fingerprint density at radius 2 is 1.90 bits per heavy atom. The summed E-state index contributed by atoms with van der Waals surface area (Å²) in [7, 11) is 0. The molecule has 5 aromatic rings. The van der Waals surface area contributed by atoms with Gasteiger partial charge in [-0.3, -0.25) is 4.79 Å². The molecule has 0 bridgehead atoms. The number of thiazole rings is 1. The summed E-state index contributed by atoms with van der Waals surface area (Å²) in [5.74, 6) is 0.911. The highest BCUT2D eigenvalue weighted by atomic mass is 32.1. The third-order valence-electron chi connectivity index (χ3n) is 7.26. The van der Waals surface area contributed by atoms with Gasteiger partial charge in [-0.2, -0.15) is 5.10 Å². The molecule has 2 aromatic heterocycles. The number of nitrogens with one attached hydrogen (secondary N) is 1. The Balaban J connectivity index is 1.28. The number of hydrogen-bond donors (Lipinski definition) is 1. The fourth-order valence-corrected chi connectivity index (χ4v) is 6.26. The molecule has 0 spiro atoms. The smallest absolute Gasteiger partial charge is 0.229 e. The zero-order valence-electron chi connectivity index (χ0n) is 22.7. The molecule has 0 aliphatic heterocycles. The first-order valence-corrected chi connectivity index (χ1v) is 14.3. The van der Waals surface area contributed by atoms with Gasteiger partial charge in [-0.05, 0) is 86.7 Å². The number of anilines is 1. The van der Waals surface area contributed by atoms with E-state index in [-0.39, 0.29) is 17.7 Å². The van der Waals surface area contributed by atoms with E-state index < -0.39 is 0 Å². The van der Waals surface area contributed by atoms with Crippen LogP contribution in [0, 0.1) is 26.7 Å². The lowest BCUT2D eigenvalue weighted by atomic mass is 10.0. The number of rotatable bonds is 8. The summed E-state index contributed by atoms with van der Waals surface area (Å²) in [5, 5.41) is 8.76. The minimum absolute atomic E-state index is 0.0198. The van der Waals surface area contributed by atoms with Crippen molar-refractivity contribution in [3.8, 4) is 22.7 Å². The lowest BCUT2D eigenvalue weighted by molar-refractivity contribution is -0.117. The number of aryl methyl sites for hydroxylation is 3. The van der Waals surface area contributed by atoms with E-state index in [0.717, 1.165) is 62.4 Å². The number of aromatic nitrogens is 3. The Bertz CT molecular complexity index is 1670. The number of para-hydroxylation sites is 1. The first kappa shape index (κ1) is 25.3. The van der Waals surface area contributed by atoms with Gasteiger partial charge in [0.05, 0.1) is 28.2 Å². The van der Waals surface area contributed by atoms with Crippen molar-refractivity contribution in [2.45, 2.75) is 46.5 Å². The van der Waals surface area contributed by atoms with E-state index in [2.05, 4.69) is 63.5 Å². The van der Waals surface area contributed by atoms with Crippen molar-refractivity contribution < 1.29 is 9.53 Å². The number of carbonyl (C=O) groups excluding carboxylic acids is 1. The van der Waals surface area contributed by atoms with E-state index in [1.54, 1.807) is 0 Å². The van der Waals surface area contributed by atoms with Crippen LogP contribution in [0.1, 0.15) is 47.9 Å². The summed E-state index contributed by atoms with van der Waals surface area (Å²) >= 11 is 1.53. The van der Waals surface area contributed by atoms with Crippen LogP contribution in [0.15, 0.2) is 66.9 Å². The predicted molar refractivity (Wildman–Crippen MR) is 158 cm³/mol. The zero-order valence-corrected chi connectivity index (χ0v) is 23.5. The Morgan fingerprint density at radius 3 is 2.67 bits per heavy atom. The van der Waals surface area contributed by atoms with Crippen LogP contribution in [0.25, 0.3) is 27.2 Å². The van der Waals surface area contributed by atoms with Gasteiger partial charge in [-0.25, -0.2) is 9.67 Å². The normalized spacial score (nSPS) is 16.4. The molecule has 7 heteroatoms. The molecule has 1 saturated carbocycles. The van der Waals surface area contributed by atoms with Crippen LogP contribution in [0.3, 0.4) is 0 Å². The van der Waals surface area contributed by atoms with Gasteiger partial charge in [0, 0.05) is 29.2 Å². The molecule has 1 aliphatic carbocycles. The van der Waals surface area contributed by atoms with Gasteiger partial charge in [0.15, 0.2) is 5.13 Å². The number of amides is 1. The average Bonchev–Trinajstić information content (AvgIpc) is 3.43. The van der Waals surface area contributed by atoms with Gasteiger partial charge in [0.25, 0.3) is 0 Å². The maximum atomic E-state index is 13.3. The molecule has 6 rings (SSSR count). The SMILES string of the molecule is CCCOc1ccc(-c2nn(-c3ccccc3)cc2C2CC2C(=O)Nc2nc3c(C)cc(C)cc3s2)cc1C. The lowest BCUT2D eigenvalue weighted by Crippen LogP contribution is -2.14. The summed E-state index contributed by atoms with van der Waals surface area (Å²) in [6.07, 6.45) is 3.84. The molecule has 1 amide bonds. The average molecular weight is 537 g/mol. The maximum absolute atomic E-state index is 13.3. The molecule has 1 aliphatic rings. The van der Waals surface area contributed by atoms with Crippen molar-refractivity contribution in [2.75, 3.05) is 11.9 Å². The minimum atomic E-state index is -0.111. The predicted octanol–water partition coefficient (Wildman–Crippen LogP) is 7.61. The van der Waals surface area contributed by atoms with Crippen LogP contribution >= 0.6 is 11.3 Å². The van der Waals surface area contributed by atoms with Crippen molar-refractivity contribution in [3.05, 3.63) is 89.1 Å². The third kappa shape index (κ3) is 5.06. The summed E-state index contributed by atoms with van der Waals surface area (Å²) in [6.45, 7) is 9.01. The second-order valence-corrected chi connectivity index (χ2v) is 11.5. The van der Waals surface area contributed by atoms with Gasteiger partial charge in [-0.15, -0.1) is 0 Å². The van der Waals surface area contributed by atoms with Gasteiger partial charge in [0.1, 0.15) is 5.75 Å². The first-order valence-electron chi connectivity index (χ1n) is 13.5. The van der Waals surface area contributed by atoms with E-state index in [1.165, 1.54) is 16.9 Å². The van der Waals surface area contributed by atoms with Gasteiger partial charge < -0.3 is 10.1 Å². The molecule has 2 heterocycles. The molecular formula is C32H32N4O2S. The van der Waals surface area contributed by atoms with Crippen LogP contribution in [0.2, 0.25) is 0 Å². The van der Waals surface area contributed by atoms with Crippen molar-refractivity contribution in [3.63, 3.8) is 0 Å². The molecule has 2 atom stereocenters. The molecular weight excluding hydrogens is 504 g/mol. The topological polar surface area (TPSA) is 69.0 Å². The van der Waals surface area contributed by atoms with E-state index in [9.17, 15) is 4.79 Å². The Labute approximate surface area is 232 Å². The molecule has 6 nitrogen and oxygen atoms in total. The van der Waals surface area contributed by atoms with Crippen LogP contribution in [0.5, 0.6) is 5.75 Å². The van der Waals surface area contributed by atoms with Crippen molar-refractivity contribution in [1.82, 2.24) is 14.8 Å². The molecule has 0 saturated heterocycles. The van der Waals surface area contributed by atoms with Gasteiger partial charge >= 0.3 is 0 Å². The highest BCUT2D eigenvalue weighted by Crippen LogP contribution is 2.51. The van der Waals surface area contributed by atoms with Gasteiger partial charge in [-0.1, -0.05) is 42.5 Å². The molecule has 1 fully saturated rings. The van der Waals surface area contributed by atoms with E-state index in [4.69, 9.17) is 14.8 Å². The molecule has 198 valence electrons. The molecule has 3 aromatic carbocycles. The Kier molecular flexibility index (Phi) is 6.69. The van der Waals surface area contributed by atoms with Gasteiger partial charge in [0.2, 0.25) is 5.91 Å². The molecule has 0 radical (unpaired) electrons. The van der Waals surface area contributed by atoms with Crippen LogP contribution in [0.4, 0.5) is 5.13 Å². The summed E-state index contributed by atoms with van der Waals surface area (Å²) < 4.78 is 8.92. The van der Waals surface area contributed by atoms with Crippen molar-refractivity contribution in [1.29, 1.82) is 0 Å². The number of nitrogens with zero attached hydrogens (tertiary/aromatic N) is 3. The van der Waals surface area contributed by atoms with Crippen LogP contribution in [-0.4, -0.2) is 27.3 Å². The first-order chi connectivity index (χ1) is 18.9. The number of ether oxygens (including phenoxy) is 1. The molecule has 1 N–H and O–H groups in total. The van der Waals surface area contributed by atoms with Crippen molar-refractivity contribution in [2.24, 2.45) is 5.92 Å². The van der Waals surface area contributed by atoms with E-state index >= 15 is 0 Å².